The lowest BCUT2D eigenvalue weighted by Crippen LogP contribution is -2.65. The van der Waals surface area contributed by atoms with E-state index in [0.29, 0.717) is 12.8 Å². The zero-order chi connectivity index (χ0) is 48.9. The van der Waals surface area contributed by atoms with E-state index in [9.17, 15) is 45.6 Å². The lowest BCUT2D eigenvalue weighted by Gasteiger charge is -2.46. The molecule has 0 aromatic rings. The Labute approximate surface area is 404 Å². The molecule has 67 heavy (non-hydrogen) atoms. The van der Waals surface area contributed by atoms with E-state index in [-0.39, 0.29) is 18.9 Å². The summed E-state index contributed by atoms with van der Waals surface area (Å²) in [4.78, 5) is 13.0. The molecular weight excluding hydrogens is 859 g/mol. The number of hydrogen-bond acceptors (Lipinski definition) is 13. The van der Waals surface area contributed by atoms with Gasteiger partial charge in [-0.2, -0.15) is 0 Å². The maximum absolute atomic E-state index is 13.0. The van der Waals surface area contributed by atoms with Gasteiger partial charge in [-0.15, -0.1) is 0 Å². The molecular formula is C53H97NO13. The summed E-state index contributed by atoms with van der Waals surface area (Å²) < 4.78 is 22.6. The molecule has 0 saturated carbocycles. The van der Waals surface area contributed by atoms with Gasteiger partial charge in [0.25, 0.3) is 0 Å². The van der Waals surface area contributed by atoms with Gasteiger partial charge in [-0.05, 0) is 44.9 Å². The van der Waals surface area contributed by atoms with Crippen LogP contribution >= 0.6 is 0 Å². The fourth-order valence-electron chi connectivity index (χ4n) is 8.68. The Hall–Kier alpha value is -1.79. The lowest BCUT2D eigenvalue weighted by molar-refractivity contribution is -0.359. The van der Waals surface area contributed by atoms with Crippen LogP contribution in [0.5, 0.6) is 0 Å². The van der Waals surface area contributed by atoms with Gasteiger partial charge in [0, 0.05) is 6.42 Å². The molecule has 0 bridgehead atoms. The van der Waals surface area contributed by atoms with Crippen LogP contribution in [0.4, 0.5) is 0 Å². The molecule has 0 radical (unpaired) electrons. The predicted molar refractivity (Wildman–Crippen MR) is 263 cm³/mol. The summed E-state index contributed by atoms with van der Waals surface area (Å²) >= 11 is 0. The normalized spacial score (nSPS) is 26.8. The summed E-state index contributed by atoms with van der Waals surface area (Å²) in [6.45, 7) is 2.68. The number of carbonyl (C=O) groups excluding carboxylic acids is 1. The molecule has 12 unspecified atom stereocenters. The van der Waals surface area contributed by atoms with Crippen LogP contribution in [0.2, 0.25) is 0 Å². The Morgan fingerprint density at radius 3 is 1.46 bits per heavy atom. The van der Waals surface area contributed by atoms with Crippen LogP contribution in [0, 0.1) is 0 Å². The van der Waals surface area contributed by atoms with Crippen molar-refractivity contribution in [1.82, 2.24) is 5.32 Å². The summed E-state index contributed by atoms with van der Waals surface area (Å²) in [5.41, 5.74) is 0. The van der Waals surface area contributed by atoms with Crippen molar-refractivity contribution in [2.45, 2.75) is 274 Å². The van der Waals surface area contributed by atoms with Gasteiger partial charge >= 0.3 is 0 Å². The highest BCUT2D eigenvalue weighted by Gasteiger charge is 2.51. The number of amides is 1. The molecule has 0 aromatic carbocycles. The SMILES string of the molecule is CCCCCCCCCCCCCCCCCCC/C=C/CC/C=C/CC/C=C/C(O)C(COC1OC(CO)C(OC2OC(CO)C(O)C(O)C2O)C(O)C1O)NC(=O)CCCCCCCC. The second kappa shape index (κ2) is 39.9. The number of unbranched alkanes of at least 4 members (excludes halogenated alkanes) is 24. The molecule has 0 aromatic heterocycles. The average molecular weight is 956 g/mol. The van der Waals surface area contributed by atoms with Crippen molar-refractivity contribution in [3.63, 3.8) is 0 Å². The quantitative estimate of drug-likeness (QED) is 0.0214. The fraction of sp³-hybridized carbons (Fsp3) is 0.868. The van der Waals surface area contributed by atoms with Crippen LogP contribution in [-0.4, -0.2) is 140 Å². The number of ether oxygens (including phenoxy) is 4. The molecule has 2 heterocycles. The summed E-state index contributed by atoms with van der Waals surface area (Å²) in [7, 11) is 0. The Morgan fingerprint density at radius 1 is 0.522 bits per heavy atom. The maximum Gasteiger partial charge on any atom is 0.220 e. The van der Waals surface area contributed by atoms with Crippen molar-refractivity contribution in [1.29, 1.82) is 0 Å². The molecule has 14 nitrogen and oxygen atoms in total. The number of nitrogens with one attached hydrogen (secondary N) is 1. The van der Waals surface area contributed by atoms with Crippen LogP contribution in [-0.2, 0) is 23.7 Å². The second-order valence-electron chi connectivity index (χ2n) is 19.0. The molecule has 0 spiro atoms. The van der Waals surface area contributed by atoms with E-state index in [1.807, 2.05) is 6.08 Å². The van der Waals surface area contributed by atoms with Crippen molar-refractivity contribution in [3.05, 3.63) is 36.5 Å². The van der Waals surface area contributed by atoms with Gasteiger partial charge in [0.15, 0.2) is 12.6 Å². The van der Waals surface area contributed by atoms with Gasteiger partial charge < -0.3 is 65.1 Å². The first kappa shape index (κ1) is 61.3. The molecule has 9 N–H and O–H groups in total. The Kier molecular flexibility index (Phi) is 36.5. The third-order valence-corrected chi connectivity index (χ3v) is 13.1. The molecule has 2 rings (SSSR count). The van der Waals surface area contributed by atoms with Gasteiger partial charge in [0.1, 0.15) is 48.8 Å². The molecule has 1 amide bonds. The van der Waals surface area contributed by atoms with Gasteiger partial charge in [-0.25, -0.2) is 0 Å². The zero-order valence-electron chi connectivity index (χ0n) is 41.6. The number of aliphatic hydroxyl groups is 8. The van der Waals surface area contributed by atoms with Crippen LogP contribution in [0.15, 0.2) is 36.5 Å². The van der Waals surface area contributed by atoms with Crippen LogP contribution in [0.3, 0.4) is 0 Å². The van der Waals surface area contributed by atoms with E-state index < -0.39 is 86.8 Å². The first-order valence-electron chi connectivity index (χ1n) is 26.7. The minimum Gasteiger partial charge on any atom is -0.394 e. The van der Waals surface area contributed by atoms with E-state index in [1.165, 1.54) is 109 Å². The van der Waals surface area contributed by atoms with Crippen molar-refractivity contribution in [3.8, 4) is 0 Å². The van der Waals surface area contributed by atoms with Crippen molar-refractivity contribution in [2.24, 2.45) is 0 Å². The number of rotatable bonds is 41. The van der Waals surface area contributed by atoms with Crippen molar-refractivity contribution >= 4 is 5.91 Å². The molecule has 2 saturated heterocycles. The van der Waals surface area contributed by atoms with Crippen LogP contribution < -0.4 is 5.32 Å². The first-order chi connectivity index (χ1) is 32.6. The number of allylic oxidation sites excluding steroid dienone is 5. The molecule has 2 aliphatic rings. The summed E-state index contributed by atoms with van der Waals surface area (Å²) in [5, 5.41) is 86.4. The van der Waals surface area contributed by atoms with E-state index in [1.54, 1.807) is 6.08 Å². The Balaban J connectivity index is 1.72. The predicted octanol–water partition coefficient (Wildman–Crippen LogP) is 7.49. The van der Waals surface area contributed by atoms with E-state index >= 15 is 0 Å². The topological polar surface area (TPSA) is 228 Å². The highest BCUT2D eigenvalue weighted by atomic mass is 16.7. The standard InChI is InChI=1S/C53H97NO13/c1-3-5-7-9-11-12-13-14-15-16-17-18-19-20-21-22-23-24-25-26-27-28-29-30-31-32-34-36-42(57)41(54-45(58)37-35-33-10-8-6-4-2)40-64-52-50(63)48(61)51(44(39-56)66-52)67-53-49(62)47(60)46(59)43(38-55)65-53/h25-26,29-30,34,36,41-44,46-53,55-57,59-63H,3-24,27-28,31-33,35,37-40H2,1-2H3,(H,54,58)/b26-25+,30-29+,36-34+. The highest BCUT2D eigenvalue weighted by molar-refractivity contribution is 5.76. The largest absolute Gasteiger partial charge is 0.394 e. The van der Waals surface area contributed by atoms with Crippen molar-refractivity contribution < 1.29 is 64.6 Å². The van der Waals surface area contributed by atoms with Crippen molar-refractivity contribution in [2.75, 3.05) is 19.8 Å². The summed E-state index contributed by atoms with van der Waals surface area (Å²) in [5.74, 6) is -0.264. The molecule has 2 aliphatic heterocycles. The van der Waals surface area contributed by atoms with Crippen LogP contribution in [0.1, 0.15) is 200 Å². The van der Waals surface area contributed by atoms with Gasteiger partial charge in [-0.3, -0.25) is 4.79 Å². The average Bonchev–Trinajstić information content (AvgIpc) is 3.32. The smallest absolute Gasteiger partial charge is 0.220 e. The Morgan fingerprint density at radius 2 is 0.955 bits per heavy atom. The summed E-state index contributed by atoms with van der Waals surface area (Å²) in [6, 6.07) is -0.932. The monoisotopic (exact) mass is 956 g/mol. The maximum atomic E-state index is 13.0. The fourth-order valence-corrected chi connectivity index (χ4v) is 8.68. The molecule has 12 atom stereocenters. The minimum absolute atomic E-state index is 0.264. The number of carbonyl (C=O) groups is 1. The third-order valence-electron chi connectivity index (χ3n) is 13.1. The van der Waals surface area contributed by atoms with Gasteiger partial charge in [0.05, 0.1) is 32.0 Å². The first-order valence-corrected chi connectivity index (χ1v) is 26.7. The molecule has 0 aliphatic carbocycles. The van der Waals surface area contributed by atoms with Gasteiger partial charge in [0.2, 0.25) is 5.91 Å². The van der Waals surface area contributed by atoms with E-state index in [0.717, 1.165) is 57.8 Å². The zero-order valence-corrected chi connectivity index (χ0v) is 41.6. The van der Waals surface area contributed by atoms with Crippen LogP contribution in [0.25, 0.3) is 0 Å². The Bertz CT molecular complexity index is 1270. The molecule has 392 valence electrons. The lowest BCUT2D eigenvalue weighted by atomic mass is 9.97. The van der Waals surface area contributed by atoms with E-state index in [2.05, 4.69) is 43.5 Å². The highest BCUT2D eigenvalue weighted by Crippen LogP contribution is 2.30. The minimum atomic E-state index is -1.79. The molecule has 14 heteroatoms. The molecule has 2 fully saturated rings. The number of aliphatic hydroxyl groups excluding tert-OH is 8. The summed E-state index contributed by atoms with van der Waals surface area (Å²) in [6.07, 6.45) is 29.7. The third kappa shape index (κ3) is 26.8. The number of hydrogen-bond donors (Lipinski definition) is 9. The van der Waals surface area contributed by atoms with E-state index in [4.69, 9.17) is 18.9 Å². The second-order valence-corrected chi connectivity index (χ2v) is 19.0. The van der Waals surface area contributed by atoms with Gasteiger partial charge in [-0.1, -0.05) is 185 Å².